The van der Waals surface area contributed by atoms with Crippen molar-refractivity contribution in [1.29, 1.82) is 0 Å². The maximum atomic E-state index is 11.8. The molecule has 25 heavy (non-hydrogen) atoms. The van der Waals surface area contributed by atoms with Crippen LogP contribution >= 0.6 is 12.4 Å². The van der Waals surface area contributed by atoms with Crippen molar-refractivity contribution in [2.75, 3.05) is 6.61 Å². The molecule has 0 bridgehead atoms. The Kier molecular flexibility index (Phi) is 4.39. The summed E-state index contributed by atoms with van der Waals surface area (Å²) in [5, 5.41) is 29.8. The predicted octanol–water partition coefficient (Wildman–Crippen LogP) is -1.18. The van der Waals surface area contributed by atoms with Gasteiger partial charge in [-0.15, -0.1) is 12.4 Å². The first-order valence-electron chi connectivity index (χ1n) is 7.27. The molecule has 4 heterocycles. The Morgan fingerprint density at radius 1 is 1.28 bits per heavy atom. The van der Waals surface area contributed by atoms with E-state index in [9.17, 15) is 20.1 Å². The van der Waals surface area contributed by atoms with Gasteiger partial charge in [-0.2, -0.15) is 0 Å². The molecule has 5 N–H and O–H groups in total. The van der Waals surface area contributed by atoms with Crippen LogP contribution < -0.4 is 5.73 Å². The van der Waals surface area contributed by atoms with E-state index in [2.05, 4.69) is 9.97 Å². The molecular weight excluding hydrogens is 354 g/mol. The van der Waals surface area contributed by atoms with E-state index in [4.69, 9.17) is 10.5 Å². The lowest BCUT2D eigenvalue weighted by atomic mass is 10.1. The van der Waals surface area contributed by atoms with Crippen LogP contribution in [0.25, 0.3) is 16.7 Å². The molecule has 0 unspecified atom stereocenters. The second-order valence-electron chi connectivity index (χ2n) is 5.64. The zero-order valence-electron chi connectivity index (χ0n) is 12.8. The van der Waals surface area contributed by atoms with Gasteiger partial charge < -0.3 is 30.4 Å². The van der Waals surface area contributed by atoms with Crippen molar-refractivity contribution in [2.45, 2.75) is 24.5 Å². The van der Waals surface area contributed by atoms with E-state index < -0.39 is 37.1 Å². The zero-order chi connectivity index (χ0) is 17.0. The SMILES string of the molecule is Cl.NC(=O)c1cn([C@@H]2O[C@H](CO)[C@@H](O)[C@H]2O)c2ncn3ccnc3c12. The number of imidazole rings is 1. The smallest absolute Gasteiger partial charge is 0.251 e. The van der Waals surface area contributed by atoms with E-state index in [1.807, 2.05) is 0 Å². The summed E-state index contributed by atoms with van der Waals surface area (Å²) >= 11 is 0. The van der Waals surface area contributed by atoms with Crippen molar-refractivity contribution in [1.82, 2.24) is 18.9 Å². The summed E-state index contributed by atoms with van der Waals surface area (Å²) in [5.74, 6) is -0.677. The molecule has 10 nitrogen and oxygen atoms in total. The third-order valence-corrected chi connectivity index (χ3v) is 4.26. The number of rotatable bonds is 3. The summed E-state index contributed by atoms with van der Waals surface area (Å²) in [7, 11) is 0. The van der Waals surface area contributed by atoms with Crippen LogP contribution in [-0.4, -0.2) is 65.1 Å². The van der Waals surface area contributed by atoms with Crippen molar-refractivity contribution >= 4 is 35.0 Å². The molecule has 4 atom stereocenters. The van der Waals surface area contributed by atoms with Gasteiger partial charge in [0.1, 0.15) is 35.9 Å². The third-order valence-electron chi connectivity index (χ3n) is 4.26. The highest BCUT2D eigenvalue weighted by Gasteiger charge is 2.44. The zero-order valence-corrected chi connectivity index (χ0v) is 13.6. The Labute approximate surface area is 146 Å². The number of amides is 1. The molecule has 1 saturated heterocycles. The molecule has 3 aromatic rings. The summed E-state index contributed by atoms with van der Waals surface area (Å²) in [6, 6.07) is 0. The number of carbonyl (C=O) groups excluding carboxylic acids is 1. The average molecular weight is 370 g/mol. The first-order valence-corrected chi connectivity index (χ1v) is 7.27. The minimum absolute atomic E-state index is 0. The number of nitrogens with zero attached hydrogens (tertiary/aromatic N) is 4. The molecule has 11 heteroatoms. The third kappa shape index (κ3) is 2.46. The number of ether oxygens (including phenoxy) is 1. The minimum atomic E-state index is -1.30. The fourth-order valence-electron chi connectivity index (χ4n) is 3.07. The molecule has 4 rings (SSSR count). The van der Waals surface area contributed by atoms with Gasteiger partial charge in [0, 0.05) is 18.6 Å². The van der Waals surface area contributed by atoms with Crippen LogP contribution in [0.3, 0.4) is 0 Å². The van der Waals surface area contributed by atoms with Gasteiger partial charge in [-0.3, -0.25) is 9.20 Å². The molecule has 0 aromatic carbocycles. The number of aliphatic hydroxyl groups is 3. The minimum Gasteiger partial charge on any atom is -0.394 e. The molecule has 0 radical (unpaired) electrons. The first-order chi connectivity index (χ1) is 11.5. The van der Waals surface area contributed by atoms with Crippen LogP contribution in [0.15, 0.2) is 24.9 Å². The maximum Gasteiger partial charge on any atom is 0.251 e. The maximum absolute atomic E-state index is 11.8. The number of nitrogens with two attached hydrogens (primary N) is 1. The van der Waals surface area contributed by atoms with Gasteiger partial charge in [-0.1, -0.05) is 0 Å². The summed E-state index contributed by atoms with van der Waals surface area (Å²) < 4.78 is 8.57. The number of aliphatic hydroxyl groups excluding tert-OH is 3. The molecule has 0 saturated carbocycles. The number of hydrogen-bond donors (Lipinski definition) is 4. The number of fused-ring (bicyclic) bond motifs is 3. The number of aromatic nitrogens is 4. The Morgan fingerprint density at radius 2 is 2.04 bits per heavy atom. The first kappa shape index (κ1) is 17.6. The normalized spacial score (nSPS) is 26.2. The predicted molar refractivity (Wildman–Crippen MR) is 87.3 cm³/mol. The molecule has 0 aliphatic carbocycles. The lowest BCUT2D eigenvalue weighted by Crippen LogP contribution is -2.33. The van der Waals surface area contributed by atoms with Crippen LogP contribution in [-0.2, 0) is 4.74 Å². The highest BCUT2D eigenvalue weighted by molar-refractivity contribution is 6.10. The lowest BCUT2D eigenvalue weighted by Gasteiger charge is -2.17. The van der Waals surface area contributed by atoms with E-state index >= 15 is 0 Å². The quantitative estimate of drug-likeness (QED) is 0.454. The molecule has 1 fully saturated rings. The van der Waals surface area contributed by atoms with Crippen molar-refractivity contribution in [3.8, 4) is 0 Å². The Hall–Kier alpha value is -2.24. The molecule has 1 aliphatic heterocycles. The monoisotopic (exact) mass is 369 g/mol. The Bertz CT molecular complexity index is 940. The second-order valence-corrected chi connectivity index (χ2v) is 5.64. The van der Waals surface area contributed by atoms with Crippen LogP contribution in [0.4, 0.5) is 0 Å². The largest absolute Gasteiger partial charge is 0.394 e. The van der Waals surface area contributed by atoms with Crippen LogP contribution in [0.2, 0.25) is 0 Å². The molecule has 134 valence electrons. The van der Waals surface area contributed by atoms with E-state index in [-0.39, 0.29) is 18.0 Å². The van der Waals surface area contributed by atoms with Gasteiger partial charge in [0.15, 0.2) is 6.23 Å². The number of carbonyl (C=O) groups is 1. The number of halogens is 1. The molecule has 1 amide bonds. The summed E-state index contributed by atoms with van der Waals surface area (Å²) in [6.45, 7) is -0.450. The number of hydrogen-bond acceptors (Lipinski definition) is 7. The molecule has 3 aromatic heterocycles. The van der Waals surface area contributed by atoms with Gasteiger partial charge >= 0.3 is 0 Å². The van der Waals surface area contributed by atoms with Crippen molar-refractivity contribution in [3.05, 3.63) is 30.5 Å². The van der Waals surface area contributed by atoms with E-state index in [0.717, 1.165) is 0 Å². The van der Waals surface area contributed by atoms with E-state index in [1.165, 1.54) is 17.1 Å². The van der Waals surface area contributed by atoms with Gasteiger partial charge in [-0.05, 0) is 0 Å². The van der Waals surface area contributed by atoms with Crippen molar-refractivity contribution < 1.29 is 24.9 Å². The van der Waals surface area contributed by atoms with Gasteiger partial charge in [-0.25, -0.2) is 9.97 Å². The molecule has 1 aliphatic rings. The number of primary amides is 1. The Balaban J connectivity index is 0.00000182. The van der Waals surface area contributed by atoms with E-state index in [0.29, 0.717) is 16.7 Å². The van der Waals surface area contributed by atoms with Crippen molar-refractivity contribution in [2.24, 2.45) is 5.73 Å². The van der Waals surface area contributed by atoms with Crippen molar-refractivity contribution in [3.63, 3.8) is 0 Å². The van der Waals surface area contributed by atoms with Crippen LogP contribution in [0.1, 0.15) is 16.6 Å². The highest BCUT2D eigenvalue weighted by Crippen LogP contribution is 2.34. The summed E-state index contributed by atoms with van der Waals surface area (Å²) in [6.07, 6.45) is 1.65. The fraction of sp³-hybridized carbons (Fsp3) is 0.357. The van der Waals surface area contributed by atoms with Crippen LogP contribution in [0.5, 0.6) is 0 Å². The fourth-order valence-corrected chi connectivity index (χ4v) is 3.07. The average Bonchev–Trinajstić information content (AvgIpc) is 3.24. The van der Waals surface area contributed by atoms with Gasteiger partial charge in [0.25, 0.3) is 5.91 Å². The second kappa shape index (κ2) is 6.24. The molecule has 0 spiro atoms. The van der Waals surface area contributed by atoms with Crippen LogP contribution in [0, 0.1) is 0 Å². The Morgan fingerprint density at radius 3 is 2.68 bits per heavy atom. The topological polar surface area (TPSA) is 148 Å². The summed E-state index contributed by atoms with van der Waals surface area (Å²) in [4.78, 5) is 20.3. The summed E-state index contributed by atoms with van der Waals surface area (Å²) in [5.41, 5.74) is 6.45. The van der Waals surface area contributed by atoms with Gasteiger partial charge in [0.05, 0.1) is 17.6 Å². The highest BCUT2D eigenvalue weighted by atomic mass is 35.5. The van der Waals surface area contributed by atoms with E-state index in [1.54, 1.807) is 16.8 Å². The molecular formula is C14H16ClN5O5. The van der Waals surface area contributed by atoms with Gasteiger partial charge in [0.2, 0.25) is 0 Å². The standard InChI is InChI=1S/C14H15N5O5.ClH/c15-11(23)6-3-19(14-10(22)9(21)7(4-20)24-14)13-8(6)12-16-1-2-18(12)5-17-13;/h1-3,5,7,9-10,14,20-22H,4H2,(H2,15,23);1H/t7-,9-,10-,14-;/m1./s1. The lowest BCUT2D eigenvalue weighted by molar-refractivity contribution is -0.0508.